The fraction of sp³-hybridized carbons (Fsp3) is 0.500. The van der Waals surface area contributed by atoms with Gasteiger partial charge in [-0.15, -0.1) is 0 Å². The maximum absolute atomic E-state index is 11.8. The summed E-state index contributed by atoms with van der Waals surface area (Å²) in [6, 6.07) is 0. The Labute approximate surface area is 184 Å². The van der Waals surface area contributed by atoms with E-state index in [0.29, 0.717) is 0 Å². The Balaban J connectivity index is 3.04. The second-order valence-electron chi connectivity index (χ2n) is 6.86. The number of carboxylic acid groups (broad SMARTS) is 1. The third kappa shape index (κ3) is 8.68. The number of nitrogens with zero attached hydrogens (tertiary/aromatic N) is 1. The van der Waals surface area contributed by atoms with E-state index in [0.717, 1.165) is 13.8 Å². The molecule has 1 aliphatic rings. The fourth-order valence-electron chi connectivity index (χ4n) is 2.68. The molecule has 3 N–H and O–H groups in total. The monoisotopic (exact) mass is 455 g/mol. The quantitative estimate of drug-likeness (QED) is 0.105. The lowest BCUT2D eigenvalue weighted by Gasteiger charge is -2.21. The molecular formula is C20H27N2O10+. The minimum Gasteiger partial charge on any atom is -0.481 e. The van der Waals surface area contributed by atoms with Crippen molar-refractivity contribution in [3.05, 3.63) is 23.9 Å². The third-order valence-corrected chi connectivity index (χ3v) is 4.18. The number of rotatable bonds is 11. The summed E-state index contributed by atoms with van der Waals surface area (Å²) in [5.41, 5.74) is 5.44. The van der Waals surface area contributed by atoms with Crippen molar-refractivity contribution in [1.82, 2.24) is 0 Å². The summed E-state index contributed by atoms with van der Waals surface area (Å²) in [7, 11) is 0. The highest BCUT2D eigenvalue weighted by molar-refractivity contribution is 5.91. The Morgan fingerprint density at radius 2 is 1.66 bits per heavy atom. The normalized spacial score (nSPS) is 22.9. The first-order chi connectivity index (χ1) is 14.9. The maximum Gasteiger partial charge on any atom is 0.306 e. The number of esters is 3. The van der Waals surface area contributed by atoms with Gasteiger partial charge in [-0.25, -0.2) is 0 Å². The molecule has 12 heteroatoms. The molecule has 1 rings (SSSR count). The van der Waals surface area contributed by atoms with Crippen molar-refractivity contribution in [2.24, 2.45) is 5.73 Å². The van der Waals surface area contributed by atoms with E-state index >= 15 is 0 Å². The molecule has 0 unspecified atom stereocenters. The minimum absolute atomic E-state index is 0.280. The van der Waals surface area contributed by atoms with Crippen LogP contribution >= 0.6 is 0 Å². The molecule has 1 amide bonds. The number of nitrogens with two attached hydrogens (primary N) is 1. The predicted molar refractivity (Wildman–Crippen MR) is 107 cm³/mol. The van der Waals surface area contributed by atoms with Crippen LogP contribution in [0.4, 0.5) is 0 Å². The summed E-state index contributed by atoms with van der Waals surface area (Å²) in [5.74, 6) is -3.93. The Bertz CT molecular complexity index is 832. The predicted octanol–water partition coefficient (Wildman–Crippen LogP) is -0.359. The summed E-state index contributed by atoms with van der Waals surface area (Å²) < 4.78 is 22.6. The summed E-state index contributed by atoms with van der Waals surface area (Å²) >= 11 is 0. The molecule has 0 aliphatic carbocycles. The van der Waals surface area contributed by atoms with Crippen LogP contribution in [0.25, 0.3) is 0 Å². The van der Waals surface area contributed by atoms with Crippen LogP contribution in [0.5, 0.6) is 0 Å². The summed E-state index contributed by atoms with van der Waals surface area (Å²) in [4.78, 5) is 56.6. The first-order valence-electron chi connectivity index (χ1n) is 9.53. The van der Waals surface area contributed by atoms with Crippen LogP contribution in [-0.2, 0) is 42.9 Å². The number of hydrogen-bond acceptors (Lipinski definition) is 9. The van der Waals surface area contributed by atoms with E-state index in [9.17, 15) is 24.0 Å². The number of primary amides is 1. The average Bonchev–Trinajstić information content (AvgIpc) is 3.00. The van der Waals surface area contributed by atoms with E-state index in [1.54, 1.807) is 0 Å². The van der Waals surface area contributed by atoms with Crippen molar-refractivity contribution in [3.8, 4) is 0 Å². The highest BCUT2D eigenvalue weighted by atomic mass is 16.7. The van der Waals surface area contributed by atoms with E-state index in [-0.39, 0.29) is 18.6 Å². The fourth-order valence-corrected chi connectivity index (χ4v) is 2.68. The van der Waals surface area contributed by atoms with Gasteiger partial charge >= 0.3 is 30.1 Å². The standard InChI is InChI=1S/C20H26N2O10/c1-11(19(21)28)6-5-9-22(4)20-18(31-13(3)24)17(30-12(2)23)14(32-20)10-29-16(27)8-7-15(25)26/h5-6,9,14,17-18,20H,4,7-8,10H2,1-3H3,(H2-,21,25,26,28)/p+1/b9-5-,11-6+/t14-,17-,18-,20-/m1/s1. The average molecular weight is 455 g/mol. The Morgan fingerprint density at radius 1 is 1.06 bits per heavy atom. The van der Waals surface area contributed by atoms with Crippen molar-refractivity contribution in [2.75, 3.05) is 6.61 Å². The first-order valence-corrected chi connectivity index (χ1v) is 9.53. The molecule has 1 heterocycles. The van der Waals surface area contributed by atoms with Gasteiger partial charge in [0.15, 0.2) is 12.3 Å². The zero-order valence-corrected chi connectivity index (χ0v) is 18.0. The summed E-state index contributed by atoms with van der Waals surface area (Å²) in [6.45, 7) is 7.21. The van der Waals surface area contributed by atoms with Crippen molar-refractivity contribution in [2.45, 2.75) is 58.2 Å². The first kappa shape index (κ1) is 26.5. The van der Waals surface area contributed by atoms with Gasteiger partial charge in [-0.05, 0) is 13.0 Å². The number of amides is 1. The second kappa shape index (κ2) is 12.3. The van der Waals surface area contributed by atoms with Gasteiger partial charge in [-0.1, -0.05) is 0 Å². The van der Waals surface area contributed by atoms with Crippen LogP contribution < -0.4 is 5.73 Å². The summed E-state index contributed by atoms with van der Waals surface area (Å²) in [5, 5.41) is 8.65. The van der Waals surface area contributed by atoms with Crippen LogP contribution in [0.2, 0.25) is 0 Å². The molecule has 0 aromatic rings. The van der Waals surface area contributed by atoms with Crippen molar-refractivity contribution < 1.29 is 52.6 Å². The smallest absolute Gasteiger partial charge is 0.306 e. The van der Waals surface area contributed by atoms with Crippen molar-refractivity contribution >= 4 is 36.5 Å². The van der Waals surface area contributed by atoms with E-state index in [2.05, 4.69) is 6.72 Å². The minimum atomic E-state index is -1.16. The zero-order valence-electron chi connectivity index (χ0n) is 18.0. The molecule has 176 valence electrons. The number of hydrogen-bond donors (Lipinski definition) is 2. The van der Waals surface area contributed by atoms with Crippen LogP contribution in [0.15, 0.2) is 23.9 Å². The largest absolute Gasteiger partial charge is 0.481 e. The number of carbonyl (C=O) groups is 5. The highest BCUT2D eigenvalue weighted by Crippen LogP contribution is 2.28. The molecule has 1 aliphatic heterocycles. The molecule has 0 spiro atoms. The number of carbonyl (C=O) groups excluding carboxylic acids is 4. The Hall–Kier alpha value is -3.54. The Morgan fingerprint density at radius 3 is 2.19 bits per heavy atom. The molecule has 0 saturated carbocycles. The molecule has 4 atom stereocenters. The molecule has 0 aromatic heterocycles. The number of carboxylic acids is 1. The van der Waals surface area contributed by atoms with E-state index in [1.165, 1.54) is 29.9 Å². The molecular weight excluding hydrogens is 428 g/mol. The highest BCUT2D eigenvalue weighted by Gasteiger charge is 2.54. The van der Waals surface area contributed by atoms with Gasteiger partial charge in [0.25, 0.3) is 0 Å². The lowest BCUT2D eigenvalue weighted by atomic mass is 10.1. The van der Waals surface area contributed by atoms with Gasteiger partial charge in [-0.3, -0.25) is 24.0 Å². The Kier molecular flexibility index (Phi) is 10.2. The van der Waals surface area contributed by atoms with E-state index in [1.807, 2.05) is 0 Å². The van der Waals surface area contributed by atoms with Gasteiger partial charge in [0.05, 0.1) is 12.8 Å². The lowest BCUT2D eigenvalue weighted by molar-refractivity contribution is -0.555. The molecule has 0 aromatic carbocycles. The summed E-state index contributed by atoms with van der Waals surface area (Å²) in [6.07, 6.45) is -0.773. The van der Waals surface area contributed by atoms with Crippen LogP contribution in [0, 0.1) is 0 Å². The van der Waals surface area contributed by atoms with Crippen LogP contribution in [-0.4, -0.2) is 77.3 Å². The van der Waals surface area contributed by atoms with Gasteiger partial charge in [0.1, 0.15) is 19.4 Å². The van der Waals surface area contributed by atoms with Crippen molar-refractivity contribution in [1.29, 1.82) is 0 Å². The molecule has 12 nitrogen and oxygen atoms in total. The molecule has 0 radical (unpaired) electrons. The van der Waals surface area contributed by atoms with Gasteiger partial charge in [0.2, 0.25) is 12.0 Å². The van der Waals surface area contributed by atoms with E-state index < -0.39 is 60.7 Å². The number of allylic oxidation sites excluding steroid dienone is 2. The number of ether oxygens (including phenoxy) is 4. The van der Waals surface area contributed by atoms with Crippen LogP contribution in [0.3, 0.4) is 0 Å². The number of aliphatic carboxylic acids is 1. The molecule has 1 fully saturated rings. The van der Waals surface area contributed by atoms with Gasteiger partial charge in [0, 0.05) is 25.5 Å². The van der Waals surface area contributed by atoms with Crippen molar-refractivity contribution in [3.63, 3.8) is 0 Å². The van der Waals surface area contributed by atoms with E-state index in [4.69, 9.17) is 29.8 Å². The van der Waals surface area contributed by atoms with Gasteiger partial charge in [-0.2, -0.15) is 4.58 Å². The maximum atomic E-state index is 11.8. The van der Waals surface area contributed by atoms with Crippen LogP contribution in [0.1, 0.15) is 33.6 Å². The molecule has 32 heavy (non-hydrogen) atoms. The zero-order chi connectivity index (χ0) is 24.4. The SMILES string of the molecule is C=[N+](/C=C\C=C(/C)C(N)=O)[C@@H]1O[C@H](COC(=O)CCC(=O)O)[C@@H](OC(C)=O)[C@H]1OC(C)=O. The topological polar surface area (TPSA) is 172 Å². The lowest BCUT2D eigenvalue weighted by Crippen LogP contribution is -2.43. The third-order valence-electron chi connectivity index (χ3n) is 4.18. The second-order valence-corrected chi connectivity index (χ2v) is 6.86. The van der Waals surface area contributed by atoms with Gasteiger partial charge < -0.3 is 29.8 Å². The molecule has 1 saturated heterocycles. The molecule has 0 bridgehead atoms.